The van der Waals surface area contributed by atoms with E-state index in [1.54, 1.807) is 18.2 Å². The molecule has 1 aromatic rings. The van der Waals surface area contributed by atoms with E-state index in [1.165, 1.54) is 6.07 Å². The Kier molecular flexibility index (Phi) is 5.71. The zero-order valence-electron chi connectivity index (χ0n) is 13.3. The lowest BCUT2D eigenvalue weighted by Crippen LogP contribution is -2.45. The van der Waals surface area contributed by atoms with Crippen LogP contribution in [0.2, 0.25) is 0 Å². The molecular weight excluding hydrogens is 304 g/mol. The fraction of sp³-hybridized carbons (Fsp3) is 0.467. The molecule has 0 atom stereocenters. The Labute approximate surface area is 131 Å². The summed E-state index contributed by atoms with van der Waals surface area (Å²) in [6.45, 7) is 5.41. The van der Waals surface area contributed by atoms with Crippen molar-refractivity contribution in [1.82, 2.24) is 10.6 Å². The van der Waals surface area contributed by atoms with Crippen LogP contribution in [0.5, 0.6) is 0 Å². The molecule has 1 rings (SSSR count). The summed E-state index contributed by atoms with van der Waals surface area (Å²) < 4.78 is 22.6. The smallest absolute Gasteiger partial charge is 0.251 e. The van der Waals surface area contributed by atoms with Crippen molar-refractivity contribution < 1.29 is 18.0 Å². The van der Waals surface area contributed by atoms with Gasteiger partial charge in [0.2, 0.25) is 5.91 Å². The van der Waals surface area contributed by atoms with Crippen molar-refractivity contribution in [3.05, 3.63) is 35.4 Å². The molecule has 0 saturated heterocycles. The second kappa shape index (κ2) is 6.91. The van der Waals surface area contributed by atoms with E-state index in [1.807, 2.05) is 20.8 Å². The lowest BCUT2D eigenvalue weighted by molar-refractivity contribution is -0.121. The maximum absolute atomic E-state index is 12.0. The number of carbonyl (C=O) groups is 2. The molecule has 2 amide bonds. The number of amides is 2. The van der Waals surface area contributed by atoms with Crippen LogP contribution in [0.25, 0.3) is 0 Å². The molecule has 2 N–H and O–H groups in total. The topological polar surface area (TPSA) is 92.3 Å². The summed E-state index contributed by atoms with van der Waals surface area (Å²) in [6.07, 6.45) is 1.14. The van der Waals surface area contributed by atoms with Crippen molar-refractivity contribution in [1.29, 1.82) is 0 Å². The molecule has 0 saturated carbocycles. The van der Waals surface area contributed by atoms with Gasteiger partial charge in [-0.1, -0.05) is 12.1 Å². The fourth-order valence-corrected chi connectivity index (χ4v) is 2.62. The first-order valence-corrected chi connectivity index (χ1v) is 8.88. The summed E-state index contributed by atoms with van der Waals surface area (Å²) in [5.41, 5.74) is 0.496. The summed E-state index contributed by atoms with van der Waals surface area (Å²) in [5, 5.41) is 5.25. The minimum absolute atomic E-state index is 0.126. The summed E-state index contributed by atoms with van der Waals surface area (Å²) in [7, 11) is -3.16. The lowest BCUT2D eigenvalue weighted by Gasteiger charge is -2.20. The Balaban J connectivity index is 2.67. The highest BCUT2D eigenvalue weighted by atomic mass is 32.2. The molecule has 7 heteroatoms. The maximum atomic E-state index is 12.0. The fourth-order valence-electron chi connectivity index (χ4n) is 1.83. The van der Waals surface area contributed by atoms with Crippen LogP contribution in [-0.2, 0) is 20.4 Å². The standard InChI is InChI=1S/C15H22N2O4S/c1-15(2,3)17-13(18)9-16-14(19)12-7-5-6-11(8-12)10-22(4,20)21/h5-8H,9-10H2,1-4H3,(H,16,19)(H,17,18). The molecule has 0 fully saturated rings. The molecule has 0 bridgehead atoms. The molecule has 22 heavy (non-hydrogen) atoms. The zero-order chi connectivity index (χ0) is 17.0. The van der Waals surface area contributed by atoms with Gasteiger partial charge in [0.15, 0.2) is 9.84 Å². The van der Waals surface area contributed by atoms with Crippen molar-refractivity contribution in [2.45, 2.75) is 32.1 Å². The molecule has 122 valence electrons. The average Bonchev–Trinajstić information content (AvgIpc) is 2.32. The molecule has 0 radical (unpaired) electrons. The van der Waals surface area contributed by atoms with Gasteiger partial charge >= 0.3 is 0 Å². The molecular formula is C15H22N2O4S. The predicted octanol–water partition coefficient (Wildman–Crippen LogP) is 0.876. The van der Waals surface area contributed by atoms with E-state index >= 15 is 0 Å². The molecule has 6 nitrogen and oxygen atoms in total. The van der Waals surface area contributed by atoms with Gasteiger partial charge in [-0.25, -0.2) is 8.42 Å². The predicted molar refractivity (Wildman–Crippen MR) is 85.2 cm³/mol. The van der Waals surface area contributed by atoms with Gasteiger partial charge in [0.1, 0.15) is 0 Å². The zero-order valence-corrected chi connectivity index (χ0v) is 14.1. The second-order valence-corrected chi connectivity index (χ2v) is 8.39. The molecule has 0 unspecified atom stereocenters. The highest BCUT2D eigenvalue weighted by Crippen LogP contribution is 2.08. The normalized spacial score (nSPS) is 11.8. The number of nitrogens with one attached hydrogen (secondary N) is 2. The van der Waals surface area contributed by atoms with E-state index in [4.69, 9.17) is 0 Å². The van der Waals surface area contributed by atoms with Gasteiger partial charge in [-0.05, 0) is 38.5 Å². The van der Waals surface area contributed by atoms with E-state index in [2.05, 4.69) is 10.6 Å². The quantitative estimate of drug-likeness (QED) is 0.840. The number of rotatable bonds is 5. The number of hydrogen-bond donors (Lipinski definition) is 2. The third kappa shape index (κ3) is 7.21. The summed E-state index contributed by atoms with van der Waals surface area (Å²) in [6, 6.07) is 6.34. The van der Waals surface area contributed by atoms with Crippen LogP contribution >= 0.6 is 0 Å². The number of benzene rings is 1. The summed E-state index contributed by atoms with van der Waals surface area (Å²) in [5.74, 6) is -0.828. The van der Waals surface area contributed by atoms with Crippen LogP contribution in [0.15, 0.2) is 24.3 Å². The largest absolute Gasteiger partial charge is 0.350 e. The average molecular weight is 326 g/mol. The van der Waals surface area contributed by atoms with Crippen molar-refractivity contribution in [3.8, 4) is 0 Å². The summed E-state index contributed by atoms with van der Waals surface area (Å²) in [4.78, 5) is 23.6. The van der Waals surface area contributed by atoms with Crippen LogP contribution in [0, 0.1) is 0 Å². The minimum atomic E-state index is -3.16. The van der Waals surface area contributed by atoms with Crippen LogP contribution in [-0.4, -0.2) is 38.6 Å². The Morgan fingerprint density at radius 1 is 1.18 bits per heavy atom. The first-order valence-electron chi connectivity index (χ1n) is 6.82. The minimum Gasteiger partial charge on any atom is -0.350 e. The van der Waals surface area contributed by atoms with Crippen LogP contribution in [0.3, 0.4) is 0 Å². The van der Waals surface area contributed by atoms with Crippen molar-refractivity contribution in [2.75, 3.05) is 12.8 Å². The van der Waals surface area contributed by atoms with Crippen LogP contribution < -0.4 is 10.6 Å². The van der Waals surface area contributed by atoms with Gasteiger partial charge in [0.25, 0.3) is 5.91 Å². The van der Waals surface area contributed by atoms with E-state index in [0.717, 1.165) is 6.26 Å². The number of hydrogen-bond acceptors (Lipinski definition) is 4. The molecule has 0 aromatic heterocycles. The van der Waals surface area contributed by atoms with Crippen molar-refractivity contribution in [3.63, 3.8) is 0 Å². The third-order valence-corrected chi connectivity index (χ3v) is 3.40. The Morgan fingerprint density at radius 3 is 2.36 bits per heavy atom. The van der Waals surface area contributed by atoms with E-state index in [-0.39, 0.29) is 23.7 Å². The van der Waals surface area contributed by atoms with Gasteiger partial charge in [-0.15, -0.1) is 0 Å². The Morgan fingerprint density at radius 2 is 1.82 bits per heavy atom. The molecule has 0 aliphatic heterocycles. The van der Waals surface area contributed by atoms with E-state index in [0.29, 0.717) is 11.1 Å². The molecule has 1 aromatic carbocycles. The maximum Gasteiger partial charge on any atom is 0.251 e. The lowest BCUT2D eigenvalue weighted by atomic mass is 10.1. The second-order valence-electron chi connectivity index (χ2n) is 6.25. The Hall–Kier alpha value is -1.89. The highest BCUT2D eigenvalue weighted by Gasteiger charge is 2.15. The van der Waals surface area contributed by atoms with Crippen LogP contribution in [0.1, 0.15) is 36.7 Å². The SMILES string of the molecule is CC(C)(C)NC(=O)CNC(=O)c1cccc(CS(C)(=O)=O)c1. The molecule has 0 aliphatic carbocycles. The van der Waals surface area contributed by atoms with Crippen molar-refractivity contribution >= 4 is 21.7 Å². The molecule has 0 spiro atoms. The highest BCUT2D eigenvalue weighted by molar-refractivity contribution is 7.89. The third-order valence-electron chi connectivity index (χ3n) is 2.54. The first kappa shape index (κ1) is 18.2. The first-order chi connectivity index (χ1) is 9.96. The monoisotopic (exact) mass is 326 g/mol. The number of sulfone groups is 1. The molecule has 0 aliphatic rings. The molecule has 0 heterocycles. The van der Waals surface area contributed by atoms with Crippen molar-refractivity contribution in [2.24, 2.45) is 0 Å². The van der Waals surface area contributed by atoms with E-state index in [9.17, 15) is 18.0 Å². The van der Waals surface area contributed by atoms with E-state index < -0.39 is 15.7 Å². The van der Waals surface area contributed by atoms with Gasteiger partial charge in [0.05, 0.1) is 12.3 Å². The van der Waals surface area contributed by atoms with Gasteiger partial charge in [0, 0.05) is 17.4 Å². The van der Waals surface area contributed by atoms with Crippen LogP contribution in [0.4, 0.5) is 0 Å². The van der Waals surface area contributed by atoms with Gasteiger partial charge in [-0.2, -0.15) is 0 Å². The van der Waals surface area contributed by atoms with Gasteiger partial charge in [-0.3, -0.25) is 9.59 Å². The summed E-state index contributed by atoms with van der Waals surface area (Å²) >= 11 is 0. The van der Waals surface area contributed by atoms with Gasteiger partial charge < -0.3 is 10.6 Å². The number of carbonyl (C=O) groups excluding carboxylic acids is 2. The Bertz CT molecular complexity index is 660.